The van der Waals surface area contributed by atoms with Crippen LogP contribution in [-0.4, -0.2) is 30.4 Å². The maximum absolute atomic E-state index is 3.60. The van der Waals surface area contributed by atoms with Crippen molar-refractivity contribution in [2.24, 2.45) is 0 Å². The van der Waals surface area contributed by atoms with Gasteiger partial charge in [-0.15, -0.1) is 0 Å². The zero-order valence-corrected chi connectivity index (χ0v) is 14.6. The molecule has 1 aliphatic carbocycles. The minimum absolute atomic E-state index is 1.18. The molecule has 0 atom stereocenters. The van der Waals surface area contributed by atoms with E-state index < -0.39 is 0 Å². The van der Waals surface area contributed by atoms with Crippen molar-refractivity contribution in [3.05, 3.63) is 11.8 Å². The Morgan fingerprint density at radius 2 is 1.36 bits per heavy atom. The Balaban J connectivity index is 1.97. The number of rotatable bonds is 1. The molecule has 1 heterocycles. The largest absolute Gasteiger partial charge is 0.316 e. The van der Waals surface area contributed by atoms with E-state index >= 15 is 0 Å². The highest BCUT2D eigenvalue weighted by Gasteiger charge is 2.13. The van der Waals surface area contributed by atoms with Crippen molar-refractivity contribution in [1.29, 1.82) is 0 Å². The second kappa shape index (κ2) is 11.9. The average molecular weight is 306 g/mol. The number of nitrogens with one attached hydrogen (secondary N) is 1. The van der Waals surface area contributed by atoms with Crippen LogP contribution in [0.4, 0.5) is 0 Å². The normalized spacial score (nSPS) is 29.1. The van der Waals surface area contributed by atoms with Crippen LogP contribution in [0, 0.1) is 0 Å². The molecule has 2 rings (SSSR count). The Hall–Kier alpha value is -0.630. The Bertz CT molecular complexity index is 310. The molecule has 0 aromatic rings. The van der Waals surface area contributed by atoms with Crippen LogP contribution in [0.25, 0.3) is 0 Å². The molecule has 0 fully saturated rings. The maximum atomic E-state index is 3.60. The van der Waals surface area contributed by atoms with Crippen LogP contribution in [0.3, 0.4) is 0 Å². The zero-order chi connectivity index (χ0) is 15.3. The lowest BCUT2D eigenvalue weighted by Gasteiger charge is -2.08. The number of nitrogens with zero attached hydrogens (tertiary/aromatic N) is 1. The third-order valence-electron chi connectivity index (χ3n) is 5.05. The van der Waals surface area contributed by atoms with Gasteiger partial charge in [0.05, 0.1) is 0 Å². The summed E-state index contributed by atoms with van der Waals surface area (Å²) < 4.78 is 2.62. The van der Waals surface area contributed by atoms with E-state index in [2.05, 4.69) is 22.2 Å². The van der Waals surface area contributed by atoms with Gasteiger partial charge in [-0.25, -0.2) is 4.58 Å². The summed E-state index contributed by atoms with van der Waals surface area (Å²) in [4.78, 5) is 0. The van der Waals surface area contributed by atoms with Crippen LogP contribution in [0.2, 0.25) is 0 Å². The van der Waals surface area contributed by atoms with E-state index in [-0.39, 0.29) is 0 Å². The summed E-state index contributed by atoms with van der Waals surface area (Å²) >= 11 is 0. The molecule has 0 bridgehead atoms. The van der Waals surface area contributed by atoms with Gasteiger partial charge >= 0.3 is 0 Å². The van der Waals surface area contributed by atoms with Gasteiger partial charge in [-0.3, -0.25) is 0 Å². The molecule has 0 saturated carbocycles. The van der Waals surface area contributed by atoms with Gasteiger partial charge in [0.2, 0.25) is 0 Å². The summed E-state index contributed by atoms with van der Waals surface area (Å²) in [6.45, 7) is 3.60. The number of allylic oxidation sites excluding steroid dienone is 2. The minimum atomic E-state index is 1.18. The molecule has 1 aliphatic heterocycles. The Morgan fingerprint density at radius 1 is 0.682 bits per heavy atom. The van der Waals surface area contributed by atoms with E-state index in [1.54, 1.807) is 5.70 Å². The molecule has 0 amide bonds. The van der Waals surface area contributed by atoms with Gasteiger partial charge in [0.1, 0.15) is 12.8 Å². The monoisotopic (exact) mass is 305 g/mol. The summed E-state index contributed by atoms with van der Waals surface area (Å²) in [5.41, 5.74) is 1.63. The Morgan fingerprint density at radius 3 is 2.27 bits per heavy atom. The topological polar surface area (TPSA) is 15.0 Å². The predicted octanol–water partition coefficient (Wildman–Crippen LogP) is 5.03. The van der Waals surface area contributed by atoms with Crippen molar-refractivity contribution in [3.8, 4) is 0 Å². The van der Waals surface area contributed by atoms with Gasteiger partial charge in [-0.1, -0.05) is 38.5 Å². The highest BCUT2D eigenvalue weighted by molar-refractivity contribution is 5.51. The van der Waals surface area contributed by atoms with Crippen LogP contribution in [-0.2, 0) is 0 Å². The lowest BCUT2D eigenvalue weighted by molar-refractivity contribution is -0.477. The fourth-order valence-corrected chi connectivity index (χ4v) is 3.64. The maximum Gasteiger partial charge on any atom is 0.176 e. The molecule has 1 N–H and O–H groups in total. The first-order valence-electron chi connectivity index (χ1n) is 9.96. The van der Waals surface area contributed by atoms with Crippen LogP contribution >= 0.6 is 0 Å². The van der Waals surface area contributed by atoms with Crippen molar-refractivity contribution in [3.63, 3.8) is 0 Å². The van der Waals surface area contributed by atoms with E-state index in [9.17, 15) is 0 Å². The second-order valence-corrected chi connectivity index (χ2v) is 7.04. The third-order valence-corrected chi connectivity index (χ3v) is 5.05. The predicted molar refractivity (Wildman–Crippen MR) is 96.8 cm³/mol. The molecule has 22 heavy (non-hydrogen) atoms. The first-order valence-corrected chi connectivity index (χ1v) is 9.96. The smallest absolute Gasteiger partial charge is 0.176 e. The van der Waals surface area contributed by atoms with Gasteiger partial charge in [0.15, 0.2) is 5.70 Å². The molecular weight excluding hydrogens is 268 g/mol. The van der Waals surface area contributed by atoms with Gasteiger partial charge in [0, 0.05) is 25.8 Å². The van der Waals surface area contributed by atoms with E-state index in [1.165, 1.54) is 110 Å². The molecule has 0 aromatic carbocycles. The van der Waals surface area contributed by atoms with E-state index in [0.29, 0.717) is 0 Å². The Kier molecular flexibility index (Phi) is 9.56. The molecule has 0 unspecified atom stereocenters. The summed E-state index contributed by atoms with van der Waals surface area (Å²) in [5.74, 6) is 0. The molecule has 0 saturated heterocycles. The summed E-state index contributed by atoms with van der Waals surface area (Å²) in [7, 11) is 0. The van der Waals surface area contributed by atoms with Gasteiger partial charge < -0.3 is 5.32 Å². The molecular formula is C20H37N2+. The molecule has 2 heteroatoms. The SMILES string of the molecule is C1=[N+](\C2=C\CCCCCCCCC2)CCCNCCCCC/1. The molecule has 0 spiro atoms. The first kappa shape index (κ1) is 17.7. The second-order valence-electron chi connectivity index (χ2n) is 7.04. The fraction of sp³-hybridized carbons (Fsp3) is 0.850. The van der Waals surface area contributed by atoms with Crippen molar-refractivity contribution in [2.75, 3.05) is 19.6 Å². The lowest BCUT2D eigenvalue weighted by Crippen LogP contribution is -2.21. The summed E-state index contributed by atoms with van der Waals surface area (Å²) in [5, 5.41) is 3.60. The van der Waals surface area contributed by atoms with Crippen LogP contribution in [0.1, 0.15) is 89.9 Å². The quantitative estimate of drug-likeness (QED) is 0.671. The molecule has 126 valence electrons. The van der Waals surface area contributed by atoms with Crippen molar-refractivity contribution in [2.45, 2.75) is 89.9 Å². The van der Waals surface area contributed by atoms with E-state index in [0.717, 1.165) is 0 Å². The molecule has 2 nitrogen and oxygen atoms in total. The van der Waals surface area contributed by atoms with Crippen molar-refractivity contribution in [1.82, 2.24) is 5.32 Å². The fourth-order valence-electron chi connectivity index (χ4n) is 3.64. The zero-order valence-electron chi connectivity index (χ0n) is 14.6. The summed E-state index contributed by atoms with van der Waals surface area (Å²) in [6, 6.07) is 0. The summed E-state index contributed by atoms with van der Waals surface area (Å²) in [6.07, 6.45) is 24.2. The Labute approximate surface area is 138 Å². The van der Waals surface area contributed by atoms with E-state index in [4.69, 9.17) is 0 Å². The van der Waals surface area contributed by atoms with Crippen LogP contribution in [0.5, 0.6) is 0 Å². The standard InChI is InChI=1S/C20H37N2/c1-2-4-6-10-15-20(14-9-5-3-1)22-18-12-8-7-11-16-21-17-13-19-22/h14,18,21H,1-13,15-17,19H2/q+1/b20-14+,22-18-. The molecule has 0 radical (unpaired) electrons. The average Bonchev–Trinajstić information content (AvgIpc) is 2.64. The molecule has 2 aliphatic rings. The third kappa shape index (κ3) is 7.58. The van der Waals surface area contributed by atoms with Gasteiger partial charge in [0.25, 0.3) is 0 Å². The highest BCUT2D eigenvalue weighted by atomic mass is 15.0. The van der Waals surface area contributed by atoms with Gasteiger partial charge in [-0.05, 0) is 44.7 Å². The number of hydrogen-bond acceptors (Lipinski definition) is 1. The van der Waals surface area contributed by atoms with Crippen molar-refractivity contribution < 1.29 is 4.58 Å². The van der Waals surface area contributed by atoms with Crippen molar-refractivity contribution >= 4 is 6.21 Å². The molecule has 0 aromatic heterocycles. The van der Waals surface area contributed by atoms with Gasteiger partial charge in [-0.2, -0.15) is 0 Å². The highest BCUT2D eigenvalue weighted by Crippen LogP contribution is 2.18. The van der Waals surface area contributed by atoms with Crippen LogP contribution in [0.15, 0.2) is 11.8 Å². The van der Waals surface area contributed by atoms with Crippen LogP contribution < -0.4 is 5.32 Å². The first-order chi connectivity index (χ1) is 11.0. The minimum Gasteiger partial charge on any atom is -0.316 e. The lowest BCUT2D eigenvalue weighted by atomic mass is 10.1. The van der Waals surface area contributed by atoms with E-state index in [1.807, 2.05) is 0 Å². The number of hydrogen-bond donors (Lipinski definition) is 1.